The molecular formula is C55H75N3O11S. The SMILES string of the molecule is CC[C@H]1CCC[C@H](O[C@H]2CC[C@H](N(C)C)C(C)O2)[C@@H](C)C(=O)C2=C[C@@H]3C(c4nc(Nc5ccccc5OCc5ccccc5)sc4C4C[C@@H](O[C@@H]5OC(C)[C@H](OC)C(OC)C5OC)C[C@H]43)[C@@H]2CC(=O)O1. The van der Waals surface area contributed by atoms with Crippen molar-refractivity contribution in [2.45, 2.75) is 171 Å². The quantitative estimate of drug-likeness (QED) is 0.153. The summed E-state index contributed by atoms with van der Waals surface area (Å²) in [6.45, 7) is 8.58. The number of hydrogen-bond acceptors (Lipinski definition) is 15. The van der Waals surface area contributed by atoms with Gasteiger partial charge in [-0.1, -0.05) is 62.4 Å². The summed E-state index contributed by atoms with van der Waals surface area (Å²) in [5, 5.41) is 4.37. The van der Waals surface area contributed by atoms with Gasteiger partial charge in [-0.3, -0.25) is 9.59 Å². The van der Waals surface area contributed by atoms with Crippen LogP contribution in [0.25, 0.3) is 0 Å². The van der Waals surface area contributed by atoms with E-state index in [4.69, 9.17) is 47.6 Å². The van der Waals surface area contributed by atoms with E-state index >= 15 is 4.79 Å². The van der Waals surface area contributed by atoms with Crippen LogP contribution in [0, 0.1) is 23.7 Å². The van der Waals surface area contributed by atoms with Gasteiger partial charge in [0.25, 0.3) is 0 Å². The Labute approximate surface area is 418 Å². The van der Waals surface area contributed by atoms with E-state index in [1.165, 1.54) is 0 Å². The van der Waals surface area contributed by atoms with E-state index in [2.05, 4.69) is 44.2 Å². The number of methoxy groups -OCH3 is 3. The van der Waals surface area contributed by atoms with E-state index in [-0.39, 0.29) is 78.5 Å². The monoisotopic (exact) mass is 986 g/mol. The number of carbonyl (C=O) groups is 2. The molecule has 0 radical (unpaired) electrons. The Kier molecular flexibility index (Phi) is 16.5. The number of benzene rings is 2. The second-order valence-electron chi connectivity index (χ2n) is 20.7. The van der Waals surface area contributed by atoms with Crippen molar-refractivity contribution in [3.05, 3.63) is 82.4 Å². The highest BCUT2D eigenvalue weighted by atomic mass is 32.1. The number of likely N-dealkylation sites (N-methyl/N-ethyl adjacent to an activating group) is 1. The van der Waals surface area contributed by atoms with Crippen molar-refractivity contribution >= 4 is 33.9 Å². The zero-order valence-corrected chi connectivity index (χ0v) is 43.3. The highest BCUT2D eigenvalue weighted by Gasteiger charge is 2.57. The molecule has 0 amide bonds. The lowest BCUT2D eigenvalue weighted by atomic mass is 9.67. The zero-order valence-electron chi connectivity index (χ0n) is 42.5. The molecule has 15 heteroatoms. The molecule has 382 valence electrons. The van der Waals surface area contributed by atoms with Crippen molar-refractivity contribution < 1.29 is 52.2 Å². The Morgan fingerprint density at radius 1 is 0.829 bits per heavy atom. The molecular weight excluding hydrogens is 911 g/mol. The molecule has 6 aliphatic rings. The molecule has 0 spiro atoms. The lowest BCUT2D eigenvalue weighted by molar-refractivity contribution is -0.314. The Morgan fingerprint density at radius 3 is 2.31 bits per heavy atom. The van der Waals surface area contributed by atoms with Gasteiger partial charge in [0.05, 0.1) is 42.2 Å². The number of allylic oxidation sites excluding steroid dienone is 2. The normalized spacial score (nSPS) is 36.7. The molecule has 1 N–H and O–H groups in total. The fraction of sp³-hybridized carbons (Fsp3) is 0.655. The summed E-state index contributed by atoms with van der Waals surface area (Å²) in [7, 11) is 9.15. The smallest absolute Gasteiger partial charge is 0.306 e. The number of fused-ring (bicyclic) bond motifs is 8. The Balaban J connectivity index is 1.06. The maximum absolute atomic E-state index is 15.4. The number of esters is 1. The molecule has 70 heavy (non-hydrogen) atoms. The average molecular weight is 986 g/mol. The van der Waals surface area contributed by atoms with E-state index in [1.807, 2.05) is 68.4 Å². The number of hydrogen-bond donors (Lipinski definition) is 1. The molecule has 4 heterocycles. The molecule has 9 rings (SSSR count). The maximum Gasteiger partial charge on any atom is 0.306 e. The first-order valence-corrected chi connectivity index (χ1v) is 26.6. The van der Waals surface area contributed by atoms with Gasteiger partial charge in [0.2, 0.25) is 0 Å². The van der Waals surface area contributed by atoms with Crippen LogP contribution in [-0.2, 0) is 54.1 Å². The number of cyclic esters (lactones) is 1. The number of nitrogens with zero attached hydrogens (tertiary/aromatic N) is 2. The van der Waals surface area contributed by atoms with Crippen molar-refractivity contribution in [2.75, 3.05) is 40.7 Å². The number of para-hydroxylation sites is 2. The number of ether oxygens (including phenoxy) is 9. The van der Waals surface area contributed by atoms with Gasteiger partial charge < -0.3 is 52.8 Å². The molecule has 3 aromatic rings. The second-order valence-corrected chi connectivity index (χ2v) is 21.7. The van der Waals surface area contributed by atoms with Crippen molar-refractivity contribution in [1.29, 1.82) is 0 Å². The Hall–Kier alpha value is -3.77. The van der Waals surface area contributed by atoms with Crippen LogP contribution >= 0.6 is 11.3 Å². The first kappa shape index (κ1) is 51.1. The largest absolute Gasteiger partial charge is 0.487 e. The third-order valence-corrected chi connectivity index (χ3v) is 17.4. The second kappa shape index (κ2) is 22.6. The van der Waals surface area contributed by atoms with Gasteiger partial charge in [0.15, 0.2) is 23.5 Å². The topological polar surface area (TPSA) is 145 Å². The van der Waals surface area contributed by atoms with E-state index < -0.39 is 36.6 Å². The fourth-order valence-electron chi connectivity index (χ4n) is 12.7. The summed E-state index contributed by atoms with van der Waals surface area (Å²) in [6.07, 6.45) is 4.81. The number of aromatic nitrogens is 1. The third kappa shape index (κ3) is 10.7. The van der Waals surface area contributed by atoms with Crippen molar-refractivity contribution in [2.24, 2.45) is 23.7 Å². The fourth-order valence-corrected chi connectivity index (χ4v) is 13.9. The molecule has 3 aliphatic heterocycles. The Morgan fingerprint density at radius 2 is 1.59 bits per heavy atom. The van der Waals surface area contributed by atoms with Crippen molar-refractivity contribution in [3.8, 4) is 5.75 Å². The van der Waals surface area contributed by atoms with Gasteiger partial charge >= 0.3 is 5.97 Å². The van der Waals surface area contributed by atoms with E-state index in [9.17, 15) is 4.79 Å². The number of anilines is 2. The van der Waals surface area contributed by atoms with Crippen LogP contribution in [0.15, 0.2) is 66.2 Å². The molecule has 2 aromatic carbocycles. The molecule has 0 bridgehead atoms. The number of carbonyl (C=O) groups excluding carboxylic acids is 2. The lowest BCUT2D eigenvalue weighted by Crippen LogP contribution is -2.59. The van der Waals surface area contributed by atoms with Gasteiger partial charge in [-0.15, -0.1) is 11.3 Å². The summed E-state index contributed by atoms with van der Waals surface area (Å²) in [4.78, 5) is 38.4. The van der Waals surface area contributed by atoms with Gasteiger partial charge in [-0.05, 0) is 114 Å². The first-order valence-electron chi connectivity index (χ1n) is 25.7. The summed E-state index contributed by atoms with van der Waals surface area (Å²) >= 11 is 1.64. The molecule has 3 saturated heterocycles. The molecule has 14 nitrogen and oxygen atoms in total. The molecule has 4 fully saturated rings. The van der Waals surface area contributed by atoms with E-state index in [0.29, 0.717) is 43.2 Å². The van der Waals surface area contributed by atoms with Gasteiger partial charge in [0, 0.05) is 55.9 Å². The minimum Gasteiger partial charge on any atom is -0.487 e. The highest BCUT2D eigenvalue weighted by Crippen LogP contribution is 2.63. The Bertz CT molecular complexity index is 2280. The number of Topliss-reactive ketones (excluding diaryl/α,β-unsaturated/α-hetero) is 1. The summed E-state index contributed by atoms with van der Waals surface area (Å²) < 4.78 is 57.3. The molecule has 6 unspecified atom stereocenters. The summed E-state index contributed by atoms with van der Waals surface area (Å²) in [6, 6.07) is 18.3. The maximum atomic E-state index is 15.4. The first-order chi connectivity index (χ1) is 33.9. The van der Waals surface area contributed by atoms with Crippen molar-refractivity contribution in [1.82, 2.24) is 9.88 Å². The van der Waals surface area contributed by atoms with Crippen LogP contribution in [0.2, 0.25) is 0 Å². The highest BCUT2D eigenvalue weighted by molar-refractivity contribution is 7.15. The average Bonchev–Trinajstić information content (AvgIpc) is 4.07. The van der Waals surface area contributed by atoms with Gasteiger partial charge in [-0.25, -0.2) is 4.98 Å². The minimum absolute atomic E-state index is 0.00813. The predicted molar refractivity (Wildman–Crippen MR) is 266 cm³/mol. The van der Waals surface area contributed by atoms with Gasteiger partial charge in [-0.2, -0.15) is 0 Å². The number of ketones is 1. The van der Waals surface area contributed by atoms with Crippen molar-refractivity contribution in [3.63, 3.8) is 0 Å². The molecule has 1 aromatic heterocycles. The summed E-state index contributed by atoms with van der Waals surface area (Å²) in [5.41, 5.74) is 3.48. The summed E-state index contributed by atoms with van der Waals surface area (Å²) in [5.74, 6) is -0.614. The molecule has 1 saturated carbocycles. The minimum atomic E-state index is -0.690. The van der Waals surface area contributed by atoms with E-state index in [0.717, 1.165) is 59.1 Å². The van der Waals surface area contributed by atoms with Crippen LogP contribution in [0.4, 0.5) is 10.8 Å². The van der Waals surface area contributed by atoms with Crippen LogP contribution in [0.5, 0.6) is 5.75 Å². The lowest BCUT2D eigenvalue weighted by Gasteiger charge is -2.44. The van der Waals surface area contributed by atoms with Crippen LogP contribution < -0.4 is 10.1 Å². The number of thiazole rings is 1. The van der Waals surface area contributed by atoms with Crippen LogP contribution in [-0.4, -0.2) is 125 Å². The third-order valence-electron chi connectivity index (χ3n) is 16.3. The van der Waals surface area contributed by atoms with Crippen LogP contribution in [0.1, 0.15) is 113 Å². The molecule has 17 atom stereocenters. The number of rotatable bonds is 14. The van der Waals surface area contributed by atoms with E-state index in [1.54, 1.807) is 32.7 Å². The van der Waals surface area contributed by atoms with Gasteiger partial charge in [0.1, 0.15) is 36.8 Å². The molecule has 3 aliphatic carbocycles. The standard InChI is InChI=1S/C55H75N3O11S/c1-10-34-19-16-22-43(69-46-24-23-42(58(5)6)31(3)65-46)30(2)49(60)39-27-37-36-25-35(68-54-52(63-9)51(62-8)50(61-7)32(4)66-54)26-40(36)53-48(47(37)38(39)28-45(59)67-34)57-55(70-53)56-41-20-14-15-21-44(41)64-29-33-17-12-11-13-18-33/h11-15,17-18,20-21,27,30-32,34-38,40,42-43,46-47,50-52,54H,10,16,19,22-26,28-29H2,1-9H3,(H,56,57)/t30-,31?,32?,34+,35+,36+,37+,38-,40?,42+,43+,46+,47?,50+,51?,52?,54+/m1/s1. The number of nitrogens with one attached hydrogen (secondary N) is 1. The predicted octanol–water partition coefficient (Wildman–Crippen LogP) is 9.35. The zero-order chi connectivity index (χ0) is 49.2. The van der Waals surface area contributed by atoms with Crippen LogP contribution in [0.3, 0.4) is 0 Å².